The first-order valence-corrected chi connectivity index (χ1v) is 4.74. The van der Waals surface area contributed by atoms with Gasteiger partial charge in [0.15, 0.2) is 0 Å². The van der Waals surface area contributed by atoms with Crippen molar-refractivity contribution >= 4 is 22.6 Å². The fourth-order valence-corrected chi connectivity index (χ4v) is 1.07. The third-order valence-electron chi connectivity index (χ3n) is 1.72. The minimum Gasteiger partial charge on any atom is -0.300 e. The number of ketones is 1. The van der Waals surface area contributed by atoms with Gasteiger partial charge >= 0.3 is 0 Å². The molecule has 12 heavy (non-hydrogen) atoms. The fraction of sp³-hybridized carbons (Fsp3) is 0.778. The van der Waals surface area contributed by atoms with E-state index in [1.807, 2.05) is 6.92 Å². The number of carbonyl (C=O) groups is 2. The quantitative estimate of drug-likeness (QED) is 0.457. The first-order valence-electron chi connectivity index (χ1n) is 4.36. The summed E-state index contributed by atoms with van der Waals surface area (Å²) in [5.74, 6) is 0.298. The molecule has 0 N–H and O–H groups in total. The van der Waals surface area contributed by atoms with E-state index in [1.165, 1.54) is 0 Å². The van der Waals surface area contributed by atoms with Gasteiger partial charge in [-0.15, -0.1) is 0 Å². The number of Topliss-reactive ketones (excluding diaryl/α,β-unsaturated/α-hetero) is 1. The van der Waals surface area contributed by atoms with Crippen LogP contribution in [0.1, 0.15) is 45.4 Å². The Morgan fingerprint density at radius 1 is 1.08 bits per heavy atom. The van der Waals surface area contributed by atoms with E-state index in [0.29, 0.717) is 25.0 Å². The third-order valence-corrected chi connectivity index (χ3v) is 1.91. The van der Waals surface area contributed by atoms with Gasteiger partial charge in [-0.05, 0) is 24.4 Å². The van der Waals surface area contributed by atoms with Gasteiger partial charge < -0.3 is 0 Å². The highest BCUT2D eigenvalue weighted by atomic mass is 35.5. The van der Waals surface area contributed by atoms with Crippen molar-refractivity contribution in [2.24, 2.45) is 0 Å². The van der Waals surface area contributed by atoms with E-state index in [4.69, 9.17) is 11.6 Å². The van der Waals surface area contributed by atoms with Crippen LogP contribution in [0.25, 0.3) is 0 Å². The SMILES string of the molecule is CCC(=O)CCCCCC(=O)Cl. The van der Waals surface area contributed by atoms with Crippen molar-refractivity contribution in [3.63, 3.8) is 0 Å². The molecule has 0 rings (SSSR count). The van der Waals surface area contributed by atoms with Crippen LogP contribution < -0.4 is 0 Å². The van der Waals surface area contributed by atoms with Crippen LogP contribution in [0.5, 0.6) is 0 Å². The Bertz CT molecular complexity index is 155. The third kappa shape index (κ3) is 7.73. The maximum Gasteiger partial charge on any atom is 0.221 e. The highest BCUT2D eigenvalue weighted by Gasteiger charge is 1.99. The van der Waals surface area contributed by atoms with Gasteiger partial charge in [-0.2, -0.15) is 0 Å². The van der Waals surface area contributed by atoms with Crippen LogP contribution in [0, 0.1) is 0 Å². The lowest BCUT2D eigenvalue weighted by atomic mass is 10.1. The molecule has 3 heteroatoms. The van der Waals surface area contributed by atoms with Crippen LogP contribution in [-0.4, -0.2) is 11.0 Å². The average molecular weight is 191 g/mol. The van der Waals surface area contributed by atoms with Crippen molar-refractivity contribution in [3.8, 4) is 0 Å². The Morgan fingerprint density at radius 2 is 1.67 bits per heavy atom. The van der Waals surface area contributed by atoms with E-state index in [2.05, 4.69) is 0 Å². The molecule has 0 aromatic heterocycles. The van der Waals surface area contributed by atoms with Crippen LogP contribution in [-0.2, 0) is 9.59 Å². The molecule has 0 unspecified atom stereocenters. The molecule has 0 heterocycles. The van der Waals surface area contributed by atoms with Crippen LogP contribution in [0.15, 0.2) is 0 Å². The molecular formula is C9H15ClO2. The molecule has 2 nitrogen and oxygen atoms in total. The molecule has 0 saturated carbocycles. The second-order valence-corrected chi connectivity index (χ2v) is 3.23. The summed E-state index contributed by atoms with van der Waals surface area (Å²) in [5.41, 5.74) is 0. The Kier molecular flexibility index (Phi) is 7.06. The molecule has 0 aliphatic carbocycles. The molecule has 0 radical (unpaired) electrons. The summed E-state index contributed by atoms with van der Waals surface area (Å²) in [6.07, 6.45) is 4.31. The van der Waals surface area contributed by atoms with Gasteiger partial charge in [0.05, 0.1) is 0 Å². The molecule has 0 aromatic carbocycles. The summed E-state index contributed by atoms with van der Waals surface area (Å²) in [6, 6.07) is 0. The van der Waals surface area contributed by atoms with Gasteiger partial charge in [-0.25, -0.2) is 0 Å². The van der Waals surface area contributed by atoms with Crippen molar-refractivity contribution < 1.29 is 9.59 Å². The molecule has 0 aromatic rings. The minimum absolute atomic E-state index is 0.281. The summed E-state index contributed by atoms with van der Waals surface area (Å²) in [4.78, 5) is 21.1. The van der Waals surface area contributed by atoms with Crippen LogP contribution in [0.3, 0.4) is 0 Å². The predicted octanol–water partition coefficient (Wildman–Crippen LogP) is 2.68. The molecular weight excluding hydrogens is 176 g/mol. The van der Waals surface area contributed by atoms with Crippen LogP contribution in [0.2, 0.25) is 0 Å². The maximum atomic E-state index is 10.8. The Morgan fingerprint density at radius 3 is 2.17 bits per heavy atom. The molecule has 0 aliphatic heterocycles. The standard InChI is InChI=1S/C9H15ClO2/c1-2-8(11)6-4-3-5-7-9(10)12/h2-7H2,1H3. The normalized spacial score (nSPS) is 9.83. The van der Waals surface area contributed by atoms with Crippen molar-refractivity contribution in [2.75, 3.05) is 0 Å². The number of unbranched alkanes of at least 4 members (excludes halogenated alkanes) is 2. The van der Waals surface area contributed by atoms with Crippen molar-refractivity contribution in [1.82, 2.24) is 0 Å². The zero-order chi connectivity index (χ0) is 9.40. The molecule has 0 atom stereocenters. The van der Waals surface area contributed by atoms with E-state index >= 15 is 0 Å². The summed E-state index contributed by atoms with van der Waals surface area (Å²) >= 11 is 5.14. The molecule has 0 aliphatic rings. The van der Waals surface area contributed by atoms with Gasteiger partial charge in [0.25, 0.3) is 0 Å². The van der Waals surface area contributed by atoms with Gasteiger partial charge in [-0.3, -0.25) is 9.59 Å². The molecule has 0 fully saturated rings. The lowest BCUT2D eigenvalue weighted by Gasteiger charge is -1.96. The van der Waals surface area contributed by atoms with E-state index in [1.54, 1.807) is 0 Å². The molecule has 0 saturated heterocycles. The van der Waals surface area contributed by atoms with Gasteiger partial charge in [0.2, 0.25) is 5.24 Å². The average Bonchev–Trinajstić information content (AvgIpc) is 2.03. The highest BCUT2D eigenvalue weighted by Crippen LogP contribution is 2.05. The summed E-state index contributed by atoms with van der Waals surface area (Å²) in [6.45, 7) is 1.87. The second kappa shape index (κ2) is 7.29. The smallest absolute Gasteiger partial charge is 0.221 e. The first kappa shape index (κ1) is 11.6. The summed E-state index contributed by atoms with van der Waals surface area (Å²) in [7, 11) is 0. The van der Waals surface area contributed by atoms with Gasteiger partial charge in [0, 0.05) is 19.3 Å². The van der Waals surface area contributed by atoms with Crippen molar-refractivity contribution in [3.05, 3.63) is 0 Å². The minimum atomic E-state index is -0.281. The monoisotopic (exact) mass is 190 g/mol. The summed E-state index contributed by atoms with van der Waals surface area (Å²) in [5, 5.41) is -0.281. The number of hydrogen-bond acceptors (Lipinski definition) is 2. The molecule has 0 amide bonds. The Labute approximate surface area is 78.3 Å². The summed E-state index contributed by atoms with van der Waals surface area (Å²) < 4.78 is 0. The number of rotatable bonds is 7. The topological polar surface area (TPSA) is 34.1 Å². The first-order chi connectivity index (χ1) is 5.66. The van der Waals surface area contributed by atoms with Gasteiger partial charge in [0.1, 0.15) is 5.78 Å². The predicted molar refractivity (Wildman–Crippen MR) is 49.2 cm³/mol. The van der Waals surface area contributed by atoms with E-state index in [0.717, 1.165) is 19.3 Å². The lowest BCUT2D eigenvalue weighted by molar-refractivity contribution is -0.118. The zero-order valence-corrected chi connectivity index (χ0v) is 8.19. The van der Waals surface area contributed by atoms with Crippen LogP contribution in [0.4, 0.5) is 0 Å². The number of halogens is 1. The van der Waals surface area contributed by atoms with E-state index < -0.39 is 0 Å². The number of hydrogen-bond donors (Lipinski definition) is 0. The second-order valence-electron chi connectivity index (χ2n) is 2.81. The van der Waals surface area contributed by atoms with E-state index in [9.17, 15) is 9.59 Å². The van der Waals surface area contributed by atoms with Crippen molar-refractivity contribution in [2.45, 2.75) is 45.4 Å². The molecule has 0 spiro atoms. The maximum absolute atomic E-state index is 10.8. The van der Waals surface area contributed by atoms with E-state index in [-0.39, 0.29) is 5.24 Å². The Balaban J connectivity index is 3.11. The molecule has 70 valence electrons. The Hall–Kier alpha value is -0.370. The van der Waals surface area contributed by atoms with Crippen molar-refractivity contribution in [1.29, 1.82) is 0 Å². The fourth-order valence-electron chi connectivity index (χ4n) is 0.940. The highest BCUT2D eigenvalue weighted by molar-refractivity contribution is 6.63. The number of carbonyl (C=O) groups excluding carboxylic acids is 2. The van der Waals surface area contributed by atoms with Gasteiger partial charge in [-0.1, -0.05) is 13.3 Å². The molecule has 0 bridgehead atoms. The zero-order valence-electron chi connectivity index (χ0n) is 7.44. The lowest BCUT2D eigenvalue weighted by Crippen LogP contribution is -1.94. The van der Waals surface area contributed by atoms with Crippen LogP contribution >= 0.6 is 11.6 Å². The largest absolute Gasteiger partial charge is 0.300 e.